The molecule has 0 aliphatic heterocycles. The van der Waals surface area contributed by atoms with Crippen molar-refractivity contribution in [3.05, 3.63) is 134 Å². The molecule has 3 atom stereocenters. The molecule has 0 saturated carbocycles. The molecule has 0 aromatic carbocycles. The van der Waals surface area contributed by atoms with Crippen LogP contribution in [0, 0.1) is 0 Å². The summed E-state index contributed by atoms with van der Waals surface area (Å²) in [6.45, 7) is 4.72. The first-order chi connectivity index (χ1) is 43.0. The second-order valence-electron chi connectivity index (χ2n) is 25.6. The van der Waals surface area contributed by atoms with E-state index in [-0.39, 0.29) is 19.1 Å². The number of allylic oxidation sites excluding steroid dienone is 21. The normalized spacial score (nSPS) is 14.4. The Bertz CT molecular complexity index is 1900. The van der Waals surface area contributed by atoms with Gasteiger partial charge >= 0.3 is 7.82 Å². The van der Waals surface area contributed by atoms with E-state index < -0.39 is 20.0 Å². The number of phosphoric acid groups is 1. The number of nitrogens with zero attached hydrogens (tertiary/aromatic N) is 1. The lowest BCUT2D eigenvalue weighted by atomic mass is 10.0. The van der Waals surface area contributed by atoms with Gasteiger partial charge in [-0.1, -0.05) is 340 Å². The number of hydrogen-bond acceptors (Lipinski definition) is 5. The third kappa shape index (κ3) is 70.1. The molecule has 8 nitrogen and oxygen atoms in total. The number of nitrogens with one attached hydrogen (secondary N) is 1. The van der Waals surface area contributed by atoms with Crippen LogP contribution >= 0.6 is 7.82 Å². The number of rotatable bonds is 66. The number of quaternary nitrogens is 1. The fourth-order valence-corrected chi connectivity index (χ4v) is 11.0. The van der Waals surface area contributed by atoms with Gasteiger partial charge in [-0.2, -0.15) is 0 Å². The topological polar surface area (TPSA) is 105 Å². The van der Waals surface area contributed by atoms with Crippen molar-refractivity contribution in [3.63, 3.8) is 0 Å². The van der Waals surface area contributed by atoms with Crippen molar-refractivity contribution in [3.8, 4) is 0 Å². The lowest BCUT2D eigenvalue weighted by Crippen LogP contribution is -2.45. The van der Waals surface area contributed by atoms with Crippen LogP contribution < -0.4 is 5.32 Å². The van der Waals surface area contributed by atoms with E-state index in [4.69, 9.17) is 9.05 Å². The molecule has 0 aliphatic rings. The highest BCUT2D eigenvalue weighted by molar-refractivity contribution is 7.47. The van der Waals surface area contributed by atoms with Gasteiger partial charge in [-0.05, 0) is 96.3 Å². The third-order valence-electron chi connectivity index (χ3n) is 15.9. The fourth-order valence-electron chi connectivity index (χ4n) is 10.2. The van der Waals surface area contributed by atoms with Gasteiger partial charge in [0.05, 0.1) is 39.9 Å². The first-order valence-electron chi connectivity index (χ1n) is 36.6. The van der Waals surface area contributed by atoms with Gasteiger partial charge in [0.1, 0.15) is 13.2 Å². The summed E-state index contributed by atoms with van der Waals surface area (Å²) < 4.78 is 23.8. The van der Waals surface area contributed by atoms with E-state index in [2.05, 4.69) is 141 Å². The third-order valence-corrected chi connectivity index (χ3v) is 16.9. The molecule has 506 valence electrons. The maximum absolute atomic E-state index is 13.1. The number of phosphoric ester groups is 1. The van der Waals surface area contributed by atoms with Gasteiger partial charge < -0.3 is 19.8 Å². The molecule has 0 aromatic heterocycles. The van der Waals surface area contributed by atoms with Crippen molar-refractivity contribution in [1.82, 2.24) is 5.32 Å². The standard InChI is InChI=1S/C79H139N2O6P/c1-6-8-10-12-14-16-18-20-22-24-26-28-30-32-33-34-35-36-37-38-39-40-41-42-43-44-45-46-47-49-51-53-55-57-59-61-63-65-67-69-71-73-79(83)80-77(76-87-88(84,85)86-75-74-81(3,4)5)78(82)72-70-68-66-64-62-60-58-56-54-52-50-48-31-29-27-25-23-21-19-17-15-13-11-9-7-2/h8,10,14,16,20,22,26,28,32-33,35-36,38-39,41-42,44-45,47,49,70,72,77-78,82H,6-7,9,11-13,15,17-19,21,23-25,27,29-31,34,37,40,43,46,48,50-69,71,73-76H2,1-5H3,(H-,80,83,84,85)/p+1/b10-8-,16-14-,22-20-,28-26-,33-32-,36-35-,39-38-,42-41-,45-44-,49-47-,72-70+. The zero-order valence-corrected chi connectivity index (χ0v) is 58.8. The average molecular weight is 1240 g/mol. The summed E-state index contributed by atoms with van der Waals surface area (Å²) in [6.07, 6.45) is 103. The van der Waals surface area contributed by atoms with Crippen molar-refractivity contribution in [1.29, 1.82) is 0 Å². The molecule has 0 saturated heterocycles. The molecule has 0 rings (SSSR count). The first kappa shape index (κ1) is 84.6. The van der Waals surface area contributed by atoms with Crippen LogP contribution in [0.1, 0.15) is 309 Å². The van der Waals surface area contributed by atoms with Gasteiger partial charge in [0.2, 0.25) is 5.91 Å². The first-order valence-corrected chi connectivity index (χ1v) is 38.1. The molecule has 0 spiro atoms. The van der Waals surface area contributed by atoms with Gasteiger partial charge in [-0.25, -0.2) is 4.57 Å². The molecule has 9 heteroatoms. The summed E-state index contributed by atoms with van der Waals surface area (Å²) in [4.78, 5) is 23.4. The quantitative estimate of drug-likeness (QED) is 0.0243. The van der Waals surface area contributed by atoms with Crippen molar-refractivity contribution in [2.75, 3.05) is 40.9 Å². The molecular weight excluding hydrogens is 1100 g/mol. The molecule has 0 bridgehead atoms. The van der Waals surface area contributed by atoms with Crippen LogP contribution in [0.3, 0.4) is 0 Å². The largest absolute Gasteiger partial charge is 0.472 e. The van der Waals surface area contributed by atoms with E-state index in [1.165, 1.54) is 180 Å². The summed E-state index contributed by atoms with van der Waals surface area (Å²) in [6, 6.07) is -0.859. The van der Waals surface area contributed by atoms with Crippen LogP contribution in [-0.4, -0.2) is 73.4 Å². The van der Waals surface area contributed by atoms with Crippen LogP contribution in [0.5, 0.6) is 0 Å². The van der Waals surface area contributed by atoms with Gasteiger partial charge in [0.25, 0.3) is 0 Å². The number of hydrogen-bond donors (Lipinski definition) is 3. The molecule has 0 aromatic rings. The molecule has 1 amide bonds. The Morgan fingerprint density at radius 2 is 0.682 bits per heavy atom. The molecule has 0 radical (unpaired) electrons. The van der Waals surface area contributed by atoms with Gasteiger partial charge in [-0.3, -0.25) is 13.8 Å². The van der Waals surface area contributed by atoms with Gasteiger partial charge in [0, 0.05) is 6.42 Å². The van der Waals surface area contributed by atoms with E-state index >= 15 is 0 Å². The van der Waals surface area contributed by atoms with E-state index in [1.54, 1.807) is 6.08 Å². The summed E-state index contributed by atoms with van der Waals surface area (Å²) in [5.74, 6) is -0.183. The van der Waals surface area contributed by atoms with Crippen molar-refractivity contribution in [2.24, 2.45) is 0 Å². The zero-order chi connectivity index (χ0) is 64.1. The summed E-state index contributed by atoms with van der Waals surface area (Å²) in [5.41, 5.74) is 0. The number of aliphatic hydroxyl groups is 1. The number of likely N-dealkylation sites (N-methyl/N-ethyl adjacent to an activating group) is 1. The monoisotopic (exact) mass is 1240 g/mol. The smallest absolute Gasteiger partial charge is 0.387 e. The second kappa shape index (κ2) is 68.0. The highest BCUT2D eigenvalue weighted by Crippen LogP contribution is 2.43. The van der Waals surface area contributed by atoms with E-state index in [9.17, 15) is 19.4 Å². The predicted octanol–water partition coefficient (Wildman–Crippen LogP) is 23.8. The molecule has 0 aliphatic carbocycles. The molecule has 0 heterocycles. The predicted molar refractivity (Wildman–Crippen MR) is 387 cm³/mol. The van der Waals surface area contributed by atoms with E-state index in [1.807, 2.05) is 27.2 Å². The molecular formula is C79H140N2O6P+. The van der Waals surface area contributed by atoms with E-state index in [0.717, 1.165) is 109 Å². The Balaban J connectivity index is 4.10. The summed E-state index contributed by atoms with van der Waals surface area (Å²) >= 11 is 0. The van der Waals surface area contributed by atoms with Crippen LogP contribution in [-0.2, 0) is 18.4 Å². The number of carbonyl (C=O) groups is 1. The minimum Gasteiger partial charge on any atom is -0.387 e. The lowest BCUT2D eigenvalue weighted by Gasteiger charge is -2.25. The number of unbranched alkanes of at least 4 members (excludes halogenated alkanes) is 33. The Morgan fingerprint density at radius 1 is 0.398 bits per heavy atom. The summed E-state index contributed by atoms with van der Waals surface area (Å²) in [7, 11) is 1.56. The Hall–Kier alpha value is -3.36. The zero-order valence-electron chi connectivity index (χ0n) is 57.9. The van der Waals surface area contributed by atoms with E-state index in [0.29, 0.717) is 17.4 Å². The lowest BCUT2D eigenvalue weighted by molar-refractivity contribution is -0.870. The molecule has 0 fully saturated rings. The Labute approximate surface area is 545 Å². The number of carbonyl (C=O) groups excluding carboxylic acids is 1. The van der Waals surface area contributed by atoms with Gasteiger partial charge in [0.15, 0.2) is 0 Å². The van der Waals surface area contributed by atoms with Crippen LogP contribution in [0.15, 0.2) is 134 Å². The highest BCUT2D eigenvalue weighted by atomic mass is 31.2. The number of amides is 1. The molecule has 88 heavy (non-hydrogen) atoms. The maximum atomic E-state index is 13.1. The second-order valence-corrected chi connectivity index (χ2v) is 27.0. The fraction of sp³-hybridized carbons (Fsp3) is 0.709. The average Bonchev–Trinajstić information content (AvgIpc) is 3.71. The Morgan fingerprint density at radius 3 is 1.00 bits per heavy atom. The van der Waals surface area contributed by atoms with Crippen LogP contribution in [0.2, 0.25) is 0 Å². The van der Waals surface area contributed by atoms with Crippen molar-refractivity contribution < 1.29 is 32.9 Å². The maximum Gasteiger partial charge on any atom is 0.472 e. The van der Waals surface area contributed by atoms with Crippen LogP contribution in [0.4, 0.5) is 0 Å². The number of aliphatic hydroxyl groups excluding tert-OH is 1. The Kier molecular flexibility index (Phi) is 65.4. The SMILES string of the molecule is CC/C=C\C/C=C\C/C=C\C/C=C\C/C=C\C/C=C\C/C=C\C/C=C\C/C=C\C/C=C\CCCCCCCCCCCCC(=O)NC(COP(=O)(O)OCC[N+](C)(C)C)C(O)/C=C/CCCCCCCCCCCCCCCCCCCCCCCCC. The molecule has 3 N–H and O–H groups in total. The summed E-state index contributed by atoms with van der Waals surface area (Å²) in [5, 5.41) is 14.0. The highest BCUT2D eigenvalue weighted by Gasteiger charge is 2.28. The van der Waals surface area contributed by atoms with Crippen LogP contribution in [0.25, 0.3) is 0 Å². The van der Waals surface area contributed by atoms with Crippen molar-refractivity contribution >= 4 is 13.7 Å². The van der Waals surface area contributed by atoms with Crippen molar-refractivity contribution in [2.45, 2.75) is 321 Å². The minimum atomic E-state index is -4.36. The molecule has 3 unspecified atom stereocenters. The minimum absolute atomic E-state index is 0.0556. The van der Waals surface area contributed by atoms with Gasteiger partial charge in [-0.15, -0.1) is 0 Å².